The van der Waals surface area contributed by atoms with Gasteiger partial charge in [0.05, 0.1) is 25.4 Å². The van der Waals surface area contributed by atoms with E-state index >= 15 is 0 Å². The van der Waals surface area contributed by atoms with Crippen molar-refractivity contribution in [3.8, 4) is 17.6 Å². The van der Waals surface area contributed by atoms with E-state index in [-0.39, 0.29) is 0 Å². The Kier molecular flexibility index (Phi) is 5.00. The highest BCUT2D eigenvalue weighted by molar-refractivity contribution is 5.92. The lowest BCUT2D eigenvalue weighted by molar-refractivity contribution is 0.339. The molecule has 2 aromatic carbocycles. The molecule has 0 aromatic heterocycles. The maximum absolute atomic E-state index is 9.47. The van der Waals surface area contributed by atoms with Crippen molar-refractivity contribution in [3.63, 3.8) is 0 Å². The molecule has 0 aliphatic rings. The van der Waals surface area contributed by atoms with Gasteiger partial charge < -0.3 is 9.47 Å². The SMILES string of the molecule is CCOc1ccccc1C=C(C#N)c1ccccc1OC. The van der Waals surface area contributed by atoms with Crippen molar-refractivity contribution >= 4 is 11.6 Å². The van der Waals surface area contributed by atoms with Crippen molar-refractivity contribution < 1.29 is 9.47 Å². The van der Waals surface area contributed by atoms with Crippen LogP contribution in [0.2, 0.25) is 0 Å². The second kappa shape index (κ2) is 7.16. The first-order valence-corrected chi connectivity index (χ1v) is 6.77. The van der Waals surface area contributed by atoms with Crippen LogP contribution in [-0.2, 0) is 0 Å². The van der Waals surface area contributed by atoms with E-state index in [1.807, 2.05) is 61.5 Å². The molecule has 0 radical (unpaired) electrons. The third-order valence-electron chi connectivity index (χ3n) is 3.04. The second-order valence-corrected chi connectivity index (χ2v) is 4.34. The minimum Gasteiger partial charge on any atom is -0.496 e. The van der Waals surface area contributed by atoms with Crippen molar-refractivity contribution in [1.82, 2.24) is 0 Å². The highest BCUT2D eigenvalue weighted by atomic mass is 16.5. The van der Waals surface area contributed by atoms with Crippen LogP contribution in [0, 0.1) is 11.3 Å². The van der Waals surface area contributed by atoms with Gasteiger partial charge in [0.2, 0.25) is 0 Å². The Balaban J connectivity index is 2.49. The fourth-order valence-corrected chi connectivity index (χ4v) is 2.08. The standard InChI is InChI=1S/C18H17NO2/c1-3-21-17-10-6-4-8-14(17)12-15(13-19)16-9-5-7-11-18(16)20-2/h4-12H,3H2,1-2H3. The monoisotopic (exact) mass is 279 g/mol. The molecule has 0 saturated heterocycles. The Morgan fingerprint density at radius 1 is 1.10 bits per heavy atom. The zero-order valence-electron chi connectivity index (χ0n) is 12.2. The van der Waals surface area contributed by atoms with Gasteiger partial charge in [0.1, 0.15) is 11.5 Å². The zero-order chi connectivity index (χ0) is 15.1. The van der Waals surface area contributed by atoms with E-state index in [1.54, 1.807) is 7.11 Å². The molecule has 0 heterocycles. The molecule has 0 spiro atoms. The van der Waals surface area contributed by atoms with E-state index in [0.717, 1.165) is 16.9 Å². The fraction of sp³-hybridized carbons (Fsp3) is 0.167. The number of allylic oxidation sites excluding steroid dienone is 1. The topological polar surface area (TPSA) is 42.2 Å². The summed E-state index contributed by atoms with van der Waals surface area (Å²) in [5.74, 6) is 1.45. The number of benzene rings is 2. The van der Waals surface area contributed by atoms with Gasteiger partial charge in [-0.15, -0.1) is 0 Å². The summed E-state index contributed by atoms with van der Waals surface area (Å²) >= 11 is 0. The van der Waals surface area contributed by atoms with Gasteiger partial charge in [-0.2, -0.15) is 5.26 Å². The molecule has 0 aliphatic heterocycles. The molecule has 0 fully saturated rings. The number of nitriles is 1. The molecule has 3 nitrogen and oxygen atoms in total. The maximum atomic E-state index is 9.47. The van der Waals surface area contributed by atoms with Crippen LogP contribution in [0.1, 0.15) is 18.1 Å². The zero-order valence-corrected chi connectivity index (χ0v) is 12.2. The van der Waals surface area contributed by atoms with Crippen LogP contribution < -0.4 is 9.47 Å². The number of hydrogen-bond donors (Lipinski definition) is 0. The van der Waals surface area contributed by atoms with Crippen molar-refractivity contribution in [2.75, 3.05) is 13.7 Å². The summed E-state index contributed by atoms with van der Waals surface area (Å²) < 4.78 is 10.9. The van der Waals surface area contributed by atoms with Crippen molar-refractivity contribution in [1.29, 1.82) is 5.26 Å². The highest BCUT2D eigenvalue weighted by Crippen LogP contribution is 2.29. The second-order valence-electron chi connectivity index (χ2n) is 4.34. The number of nitrogens with zero attached hydrogens (tertiary/aromatic N) is 1. The Bertz CT molecular complexity index is 684. The molecule has 0 atom stereocenters. The first kappa shape index (κ1) is 14.7. The quantitative estimate of drug-likeness (QED) is 0.609. The summed E-state index contributed by atoms with van der Waals surface area (Å²) in [5, 5.41) is 9.47. The van der Waals surface area contributed by atoms with Gasteiger partial charge in [0.25, 0.3) is 0 Å². The molecule has 0 aliphatic carbocycles. The van der Waals surface area contributed by atoms with Crippen LogP contribution in [0.25, 0.3) is 11.6 Å². The summed E-state index contributed by atoms with van der Waals surface area (Å²) in [4.78, 5) is 0. The predicted molar refractivity (Wildman–Crippen MR) is 84.1 cm³/mol. The predicted octanol–water partition coefficient (Wildman–Crippen LogP) is 4.16. The first-order valence-electron chi connectivity index (χ1n) is 6.77. The van der Waals surface area contributed by atoms with Crippen LogP contribution in [0.4, 0.5) is 0 Å². The Hall–Kier alpha value is -2.73. The summed E-state index contributed by atoms with van der Waals surface area (Å²) in [6.07, 6.45) is 1.82. The Morgan fingerprint density at radius 2 is 1.76 bits per heavy atom. The molecule has 3 heteroatoms. The highest BCUT2D eigenvalue weighted by Gasteiger charge is 2.09. The lowest BCUT2D eigenvalue weighted by Crippen LogP contribution is -1.94. The van der Waals surface area contributed by atoms with Gasteiger partial charge >= 0.3 is 0 Å². The maximum Gasteiger partial charge on any atom is 0.127 e. The van der Waals surface area contributed by atoms with Gasteiger partial charge in [-0.05, 0) is 31.2 Å². The molecule has 106 valence electrons. The van der Waals surface area contributed by atoms with Crippen LogP contribution in [-0.4, -0.2) is 13.7 Å². The number of hydrogen-bond acceptors (Lipinski definition) is 3. The van der Waals surface area contributed by atoms with Crippen molar-refractivity contribution in [2.24, 2.45) is 0 Å². The van der Waals surface area contributed by atoms with Crippen molar-refractivity contribution in [2.45, 2.75) is 6.92 Å². The number of methoxy groups -OCH3 is 1. The van der Waals surface area contributed by atoms with E-state index in [4.69, 9.17) is 9.47 Å². The average Bonchev–Trinajstić information content (AvgIpc) is 2.54. The lowest BCUT2D eigenvalue weighted by Gasteiger charge is -2.09. The van der Waals surface area contributed by atoms with Gasteiger partial charge in [0.15, 0.2) is 0 Å². The molecule has 21 heavy (non-hydrogen) atoms. The minimum absolute atomic E-state index is 0.541. The number of ether oxygens (including phenoxy) is 2. The number of rotatable bonds is 5. The molecular formula is C18H17NO2. The van der Waals surface area contributed by atoms with Crippen LogP contribution in [0.5, 0.6) is 11.5 Å². The fourth-order valence-electron chi connectivity index (χ4n) is 2.08. The van der Waals surface area contributed by atoms with Gasteiger partial charge in [-0.1, -0.05) is 30.3 Å². The van der Waals surface area contributed by atoms with E-state index in [0.29, 0.717) is 17.9 Å². The van der Waals surface area contributed by atoms with Crippen LogP contribution >= 0.6 is 0 Å². The minimum atomic E-state index is 0.541. The molecule has 0 saturated carbocycles. The summed E-state index contributed by atoms with van der Waals surface area (Å²) in [5.41, 5.74) is 2.19. The van der Waals surface area contributed by atoms with Gasteiger partial charge in [0, 0.05) is 11.1 Å². The third-order valence-corrected chi connectivity index (χ3v) is 3.04. The summed E-state index contributed by atoms with van der Waals surface area (Å²) in [7, 11) is 1.60. The van der Waals surface area contributed by atoms with E-state index < -0.39 is 0 Å². The third kappa shape index (κ3) is 3.43. The normalized spacial score (nSPS) is 10.8. The van der Waals surface area contributed by atoms with Crippen molar-refractivity contribution in [3.05, 3.63) is 59.7 Å². The number of para-hydroxylation sites is 2. The molecule has 0 amide bonds. The molecule has 0 N–H and O–H groups in total. The van der Waals surface area contributed by atoms with Gasteiger partial charge in [-0.3, -0.25) is 0 Å². The Morgan fingerprint density at radius 3 is 2.43 bits per heavy atom. The van der Waals surface area contributed by atoms with Crippen LogP contribution in [0.3, 0.4) is 0 Å². The molecule has 2 aromatic rings. The molecule has 2 rings (SSSR count). The average molecular weight is 279 g/mol. The van der Waals surface area contributed by atoms with Gasteiger partial charge in [-0.25, -0.2) is 0 Å². The smallest absolute Gasteiger partial charge is 0.127 e. The lowest BCUT2D eigenvalue weighted by atomic mass is 10.0. The van der Waals surface area contributed by atoms with E-state index in [9.17, 15) is 5.26 Å². The van der Waals surface area contributed by atoms with Crippen LogP contribution in [0.15, 0.2) is 48.5 Å². The largest absolute Gasteiger partial charge is 0.496 e. The van der Waals surface area contributed by atoms with E-state index in [2.05, 4.69) is 6.07 Å². The summed E-state index contributed by atoms with van der Waals surface area (Å²) in [6.45, 7) is 2.52. The molecule has 0 unspecified atom stereocenters. The first-order chi connectivity index (χ1) is 10.3. The molecule has 0 bridgehead atoms. The Labute approximate surface area is 125 Å². The summed E-state index contributed by atoms with van der Waals surface area (Å²) in [6, 6.07) is 17.4. The molecular weight excluding hydrogens is 262 g/mol. The van der Waals surface area contributed by atoms with E-state index in [1.165, 1.54) is 0 Å².